The third kappa shape index (κ3) is 4.66. The van der Waals surface area contributed by atoms with E-state index in [9.17, 15) is 9.59 Å². The summed E-state index contributed by atoms with van der Waals surface area (Å²) >= 11 is 3.31. The molecule has 1 atom stereocenters. The second kappa shape index (κ2) is 7.92. The van der Waals surface area contributed by atoms with E-state index in [2.05, 4.69) is 38.6 Å². The Morgan fingerprint density at radius 2 is 2.13 bits per heavy atom. The van der Waals surface area contributed by atoms with Crippen molar-refractivity contribution in [3.8, 4) is 0 Å². The molecule has 0 aliphatic carbocycles. The molecule has 0 saturated carbocycles. The van der Waals surface area contributed by atoms with Gasteiger partial charge in [0.1, 0.15) is 5.82 Å². The summed E-state index contributed by atoms with van der Waals surface area (Å²) in [6.07, 6.45) is 2.55. The van der Waals surface area contributed by atoms with Crippen LogP contribution in [0.5, 0.6) is 0 Å². The molecule has 0 fully saturated rings. The number of carbonyl (C=O) groups excluding carboxylic acids is 2. The number of carbonyl (C=O) groups is 2. The third-order valence-corrected chi connectivity index (χ3v) is 3.94. The Morgan fingerprint density at radius 1 is 1.35 bits per heavy atom. The summed E-state index contributed by atoms with van der Waals surface area (Å²) in [4.78, 5) is 24.0. The van der Waals surface area contributed by atoms with E-state index in [1.54, 1.807) is 35.1 Å². The molecule has 1 unspecified atom stereocenters. The van der Waals surface area contributed by atoms with Gasteiger partial charge in [0.05, 0.1) is 18.8 Å². The Kier molecular flexibility index (Phi) is 5.92. The lowest BCUT2D eigenvalue weighted by Gasteiger charge is -2.14. The molecule has 0 saturated heterocycles. The Labute approximate surface area is 143 Å². The number of nitrogens with one attached hydrogen (secondary N) is 2. The largest absolute Gasteiger partial charge is 0.343 e. The number of rotatable bonds is 6. The first-order valence-corrected chi connectivity index (χ1v) is 8.17. The van der Waals surface area contributed by atoms with E-state index in [1.165, 1.54) is 0 Å². The molecule has 2 rings (SSSR count). The molecule has 1 heterocycles. The minimum atomic E-state index is -0.295. The first-order valence-electron chi connectivity index (χ1n) is 7.38. The standard InChI is InChI=1S/C16H19BrN4O2/c1-3-11(2)21-14(7-8-19-21)20-15(22)10-18-16(23)12-5-4-6-13(17)9-12/h4-9,11H,3,10H2,1-2H3,(H,18,23)(H,20,22). The molecule has 1 aromatic carbocycles. The maximum absolute atomic E-state index is 12.0. The van der Waals surface area contributed by atoms with Crippen molar-refractivity contribution in [1.29, 1.82) is 0 Å². The van der Waals surface area contributed by atoms with Gasteiger partial charge in [-0.25, -0.2) is 4.68 Å². The van der Waals surface area contributed by atoms with Crippen molar-refractivity contribution in [1.82, 2.24) is 15.1 Å². The van der Waals surface area contributed by atoms with Crippen molar-refractivity contribution >= 4 is 33.6 Å². The highest BCUT2D eigenvalue weighted by Crippen LogP contribution is 2.16. The van der Waals surface area contributed by atoms with Gasteiger partial charge in [0.2, 0.25) is 5.91 Å². The zero-order valence-corrected chi connectivity index (χ0v) is 14.6. The van der Waals surface area contributed by atoms with Crippen molar-refractivity contribution < 1.29 is 9.59 Å². The summed E-state index contributed by atoms with van der Waals surface area (Å²) < 4.78 is 2.57. The number of anilines is 1. The van der Waals surface area contributed by atoms with Gasteiger partial charge < -0.3 is 10.6 Å². The van der Waals surface area contributed by atoms with Gasteiger partial charge in [-0.2, -0.15) is 5.10 Å². The van der Waals surface area contributed by atoms with Crippen LogP contribution in [0.4, 0.5) is 5.82 Å². The molecule has 2 amide bonds. The second-order valence-electron chi connectivity index (χ2n) is 5.16. The van der Waals surface area contributed by atoms with E-state index >= 15 is 0 Å². The number of hydrogen-bond donors (Lipinski definition) is 2. The van der Waals surface area contributed by atoms with Gasteiger partial charge in [-0.1, -0.05) is 28.9 Å². The van der Waals surface area contributed by atoms with Crippen molar-refractivity contribution in [2.75, 3.05) is 11.9 Å². The molecule has 0 aliphatic rings. The van der Waals surface area contributed by atoms with E-state index in [4.69, 9.17) is 0 Å². The van der Waals surface area contributed by atoms with Crippen LogP contribution in [0.15, 0.2) is 41.0 Å². The van der Waals surface area contributed by atoms with Crippen LogP contribution in [0.1, 0.15) is 36.7 Å². The Hall–Kier alpha value is -2.15. The summed E-state index contributed by atoms with van der Waals surface area (Å²) in [5, 5.41) is 9.56. The summed E-state index contributed by atoms with van der Waals surface area (Å²) in [7, 11) is 0. The molecule has 0 aliphatic heterocycles. The molecular weight excluding hydrogens is 360 g/mol. The van der Waals surface area contributed by atoms with Gasteiger partial charge in [0, 0.05) is 16.1 Å². The van der Waals surface area contributed by atoms with Gasteiger partial charge in [0.15, 0.2) is 0 Å². The highest BCUT2D eigenvalue weighted by molar-refractivity contribution is 9.10. The van der Waals surface area contributed by atoms with Gasteiger partial charge in [-0.05, 0) is 31.5 Å². The van der Waals surface area contributed by atoms with Crippen molar-refractivity contribution in [3.05, 3.63) is 46.6 Å². The Morgan fingerprint density at radius 3 is 2.83 bits per heavy atom. The van der Waals surface area contributed by atoms with E-state index < -0.39 is 0 Å². The number of halogens is 1. The van der Waals surface area contributed by atoms with E-state index in [0.29, 0.717) is 11.4 Å². The first kappa shape index (κ1) is 17.2. The number of amides is 2. The zero-order valence-electron chi connectivity index (χ0n) is 13.0. The lowest BCUT2D eigenvalue weighted by molar-refractivity contribution is -0.115. The molecule has 0 radical (unpaired) electrons. The first-order chi connectivity index (χ1) is 11.0. The average Bonchev–Trinajstić information content (AvgIpc) is 2.99. The van der Waals surface area contributed by atoms with Gasteiger partial charge in [-0.3, -0.25) is 9.59 Å². The van der Waals surface area contributed by atoms with Crippen molar-refractivity contribution in [2.24, 2.45) is 0 Å². The number of benzene rings is 1. The fourth-order valence-corrected chi connectivity index (χ4v) is 2.42. The molecular formula is C16H19BrN4O2. The quantitative estimate of drug-likeness (QED) is 0.810. The molecule has 1 aromatic heterocycles. The molecule has 6 nitrogen and oxygen atoms in total. The summed E-state index contributed by atoms with van der Waals surface area (Å²) in [5.41, 5.74) is 0.497. The van der Waals surface area contributed by atoms with Crippen LogP contribution in [0, 0.1) is 0 Å². The smallest absolute Gasteiger partial charge is 0.251 e. The van der Waals surface area contributed by atoms with Gasteiger partial charge >= 0.3 is 0 Å². The van der Waals surface area contributed by atoms with Gasteiger partial charge in [-0.15, -0.1) is 0 Å². The minimum Gasteiger partial charge on any atom is -0.343 e. The third-order valence-electron chi connectivity index (χ3n) is 3.44. The van der Waals surface area contributed by atoms with Crippen LogP contribution in [0.25, 0.3) is 0 Å². The lowest BCUT2D eigenvalue weighted by Crippen LogP contribution is -2.33. The maximum Gasteiger partial charge on any atom is 0.251 e. The highest BCUT2D eigenvalue weighted by Gasteiger charge is 2.12. The van der Waals surface area contributed by atoms with E-state index in [-0.39, 0.29) is 24.4 Å². The molecule has 0 spiro atoms. The zero-order chi connectivity index (χ0) is 16.8. The van der Waals surface area contributed by atoms with Crippen LogP contribution < -0.4 is 10.6 Å². The van der Waals surface area contributed by atoms with Crippen LogP contribution in [0.3, 0.4) is 0 Å². The summed E-state index contributed by atoms with van der Waals surface area (Å²) in [5.74, 6) is 0.0383. The Bertz CT molecular complexity index is 699. The van der Waals surface area contributed by atoms with E-state index in [0.717, 1.165) is 10.9 Å². The summed E-state index contributed by atoms with van der Waals surface area (Å²) in [6, 6.07) is 8.92. The number of nitrogens with zero attached hydrogens (tertiary/aromatic N) is 2. The fraction of sp³-hybridized carbons (Fsp3) is 0.312. The predicted octanol–water partition coefficient (Wildman–Crippen LogP) is 2.99. The highest BCUT2D eigenvalue weighted by atomic mass is 79.9. The molecule has 122 valence electrons. The molecule has 23 heavy (non-hydrogen) atoms. The molecule has 2 N–H and O–H groups in total. The van der Waals surface area contributed by atoms with Crippen LogP contribution in [-0.4, -0.2) is 28.1 Å². The normalized spacial score (nSPS) is 11.8. The minimum absolute atomic E-state index is 0.100. The van der Waals surface area contributed by atoms with Crippen molar-refractivity contribution in [2.45, 2.75) is 26.3 Å². The second-order valence-corrected chi connectivity index (χ2v) is 6.08. The maximum atomic E-state index is 12.0. The predicted molar refractivity (Wildman–Crippen MR) is 92.3 cm³/mol. The fourth-order valence-electron chi connectivity index (χ4n) is 2.02. The van der Waals surface area contributed by atoms with Crippen LogP contribution in [-0.2, 0) is 4.79 Å². The number of hydrogen-bond acceptors (Lipinski definition) is 3. The van der Waals surface area contributed by atoms with Gasteiger partial charge in [0.25, 0.3) is 5.91 Å². The van der Waals surface area contributed by atoms with E-state index in [1.807, 2.05) is 13.0 Å². The van der Waals surface area contributed by atoms with Crippen molar-refractivity contribution in [3.63, 3.8) is 0 Å². The molecule has 2 aromatic rings. The van der Waals surface area contributed by atoms with Crippen LogP contribution >= 0.6 is 15.9 Å². The molecule has 0 bridgehead atoms. The van der Waals surface area contributed by atoms with Crippen LogP contribution in [0.2, 0.25) is 0 Å². The SMILES string of the molecule is CCC(C)n1nccc1NC(=O)CNC(=O)c1cccc(Br)c1. The monoisotopic (exact) mass is 378 g/mol. The average molecular weight is 379 g/mol. The lowest BCUT2D eigenvalue weighted by atomic mass is 10.2. The Balaban J connectivity index is 1.91. The number of aromatic nitrogens is 2. The topological polar surface area (TPSA) is 76.0 Å². The molecule has 7 heteroatoms. The summed E-state index contributed by atoms with van der Waals surface area (Å²) in [6.45, 7) is 3.98.